The molecule has 0 radical (unpaired) electrons. The summed E-state index contributed by atoms with van der Waals surface area (Å²) in [6.45, 7) is 7.14. The number of oxime groups is 1. The molecule has 0 aromatic rings. The van der Waals surface area contributed by atoms with Gasteiger partial charge < -0.3 is 13.9 Å². The van der Waals surface area contributed by atoms with Gasteiger partial charge in [-0.2, -0.15) is 0 Å². The Morgan fingerprint density at radius 2 is 2.06 bits per heavy atom. The van der Waals surface area contributed by atoms with E-state index >= 15 is 0 Å². The highest BCUT2D eigenvalue weighted by Crippen LogP contribution is 2.60. The maximum atomic E-state index is 12.7. The average molecular weight is 261 g/mol. The van der Waals surface area contributed by atoms with Gasteiger partial charge in [0.25, 0.3) is 0 Å². The zero-order chi connectivity index (χ0) is 12.5. The fourth-order valence-corrected chi connectivity index (χ4v) is 5.08. The zero-order valence-electron chi connectivity index (χ0n) is 10.6. The van der Waals surface area contributed by atoms with Crippen LogP contribution in [0.25, 0.3) is 0 Å². The molecule has 1 heterocycles. The first-order valence-electron chi connectivity index (χ1n) is 6.21. The van der Waals surface area contributed by atoms with Crippen LogP contribution in [-0.2, 0) is 18.5 Å². The predicted octanol–water partition coefficient (Wildman–Crippen LogP) is 2.66. The van der Waals surface area contributed by atoms with Gasteiger partial charge in [-0.25, -0.2) is 0 Å². The maximum Gasteiger partial charge on any atom is 0.334 e. The van der Waals surface area contributed by atoms with Crippen LogP contribution in [0.4, 0.5) is 0 Å². The smallest absolute Gasteiger partial charge is 0.334 e. The van der Waals surface area contributed by atoms with E-state index in [9.17, 15) is 4.57 Å². The van der Waals surface area contributed by atoms with Crippen molar-refractivity contribution < 1.29 is 18.5 Å². The fourth-order valence-electron chi connectivity index (χ4n) is 2.69. The molecule has 1 aliphatic heterocycles. The van der Waals surface area contributed by atoms with Gasteiger partial charge in [0.2, 0.25) is 0 Å². The lowest BCUT2D eigenvalue weighted by molar-refractivity contribution is 0.148. The van der Waals surface area contributed by atoms with Crippen molar-refractivity contribution in [2.75, 3.05) is 19.8 Å². The summed E-state index contributed by atoms with van der Waals surface area (Å²) < 4.78 is 23.6. The van der Waals surface area contributed by atoms with E-state index in [2.05, 4.69) is 5.16 Å². The van der Waals surface area contributed by atoms with E-state index < -0.39 is 7.60 Å². The molecule has 0 amide bonds. The lowest BCUT2D eigenvalue weighted by Crippen LogP contribution is -2.19. The van der Waals surface area contributed by atoms with E-state index in [-0.39, 0.29) is 11.6 Å². The minimum Gasteiger partial charge on any atom is -0.395 e. The van der Waals surface area contributed by atoms with Crippen LogP contribution in [0.3, 0.4) is 0 Å². The van der Waals surface area contributed by atoms with Crippen molar-refractivity contribution in [1.82, 2.24) is 0 Å². The van der Waals surface area contributed by atoms with Crippen LogP contribution in [0, 0.1) is 11.8 Å². The summed E-state index contributed by atoms with van der Waals surface area (Å²) in [5, 5.41) is 4.05. The Bertz CT molecular complexity index is 347. The first-order chi connectivity index (χ1) is 8.12. The van der Waals surface area contributed by atoms with Crippen LogP contribution < -0.4 is 0 Å². The van der Waals surface area contributed by atoms with Crippen LogP contribution in [-0.4, -0.2) is 31.2 Å². The molecular weight excluding hydrogens is 241 g/mol. The van der Waals surface area contributed by atoms with Crippen molar-refractivity contribution in [2.24, 2.45) is 17.0 Å². The molecule has 0 saturated heterocycles. The molecule has 17 heavy (non-hydrogen) atoms. The van der Waals surface area contributed by atoms with Gasteiger partial charge in [-0.15, -0.1) is 0 Å². The van der Waals surface area contributed by atoms with E-state index in [0.29, 0.717) is 25.7 Å². The molecule has 1 unspecified atom stereocenters. The second kappa shape index (κ2) is 5.09. The summed E-state index contributed by atoms with van der Waals surface area (Å²) in [6.07, 6.45) is 0.789. The van der Waals surface area contributed by atoms with Gasteiger partial charge in [-0.3, -0.25) is 4.57 Å². The minimum absolute atomic E-state index is 0.0740. The van der Waals surface area contributed by atoms with Gasteiger partial charge in [-0.05, 0) is 20.3 Å². The Balaban J connectivity index is 2.18. The van der Waals surface area contributed by atoms with E-state index in [1.165, 1.54) is 0 Å². The predicted molar refractivity (Wildman–Crippen MR) is 65.3 cm³/mol. The molecular formula is C11H20NO4P. The first-order valence-corrected chi connectivity index (χ1v) is 7.82. The van der Waals surface area contributed by atoms with E-state index in [4.69, 9.17) is 13.9 Å². The molecule has 0 aromatic heterocycles. The van der Waals surface area contributed by atoms with Gasteiger partial charge in [0.15, 0.2) is 0 Å². The molecule has 1 saturated carbocycles. The summed E-state index contributed by atoms with van der Waals surface area (Å²) in [4.78, 5) is 5.08. The summed E-state index contributed by atoms with van der Waals surface area (Å²) in [7, 11) is -3.01. The van der Waals surface area contributed by atoms with Gasteiger partial charge in [0, 0.05) is 11.8 Å². The van der Waals surface area contributed by atoms with Crippen LogP contribution in [0.1, 0.15) is 27.2 Å². The molecule has 0 spiro atoms. The van der Waals surface area contributed by atoms with Gasteiger partial charge in [0.1, 0.15) is 6.61 Å². The second-order valence-corrected chi connectivity index (χ2v) is 6.74. The van der Waals surface area contributed by atoms with Gasteiger partial charge in [0.05, 0.1) is 24.6 Å². The highest BCUT2D eigenvalue weighted by molar-refractivity contribution is 7.54. The number of rotatable bonds is 5. The summed E-state index contributed by atoms with van der Waals surface area (Å²) in [6, 6.07) is 0. The lowest BCUT2D eigenvalue weighted by Gasteiger charge is -2.25. The summed E-state index contributed by atoms with van der Waals surface area (Å²) in [5.41, 5.74) is 0.949. The van der Waals surface area contributed by atoms with Crippen molar-refractivity contribution in [1.29, 1.82) is 0 Å². The van der Waals surface area contributed by atoms with Crippen LogP contribution in [0.5, 0.6) is 0 Å². The van der Waals surface area contributed by atoms with Crippen molar-refractivity contribution >= 4 is 13.3 Å². The summed E-state index contributed by atoms with van der Waals surface area (Å²) >= 11 is 0. The molecule has 3 atom stereocenters. The van der Waals surface area contributed by atoms with E-state index in [0.717, 1.165) is 12.1 Å². The molecule has 1 aliphatic carbocycles. The molecule has 6 heteroatoms. The topological polar surface area (TPSA) is 57.1 Å². The number of hydrogen-bond donors (Lipinski definition) is 0. The third kappa shape index (κ3) is 2.28. The monoisotopic (exact) mass is 261 g/mol. The van der Waals surface area contributed by atoms with Gasteiger partial charge >= 0.3 is 7.60 Å². The Morgan fingerprint density at radius 3 is 2.59 bits per heavy atom. The Hall–Kier alpha value is -0.380. The van der Waals surface area contributed by atoms with Crippen LogP contribution >= 0.6 is 7.60 Å². The fraction of sp³-hybridized carbons (Fsp3) is 0.909. The number of fused-ring (bicyclic) bond motifs is 1. The Kier molecular flexibility index (Phi) is 3.91. The first kappa shape index (κ1) is 13.1. The molecule has 5 nitrogen and oxygen atoms in total. The number of nitrogens with zero attached hydrogens (tertiary/aromatic N) is 1. The van der Waals surface area contributed by atoms with Crippen molar-refractivity contribution in [3.05, 3.63) is 0 Å². The highest BCUT2D eigenvalue weighted by Gasteiger charge is 2.50. The Morgan fingerprint density at radius 1 is 1.41 bits per heavy atom. The molecule has 0 aromatic carbocycles. The second-order valence-electron chi connectivity index (χ2n) is 4.48. The van der Waals surface area contributed by atoms with Crippen molar-refractivity contribution in [2.45, 2.75) is 32.9 Å². The quantitative estimate of drug-likeness (QED) is 0.714. The lowest BCUT2D eigenvalue weighted by atomic mass is 10.1. The van der Waals surface area contributed by atoms with Gasteiger partial charge in [-0.1, -0.05) is 12.1 Å². The van der Waals surface area contributed by atoms with Crippen molar-refractivity contribution in [3.8, 4) is 0 Å². The van der Waals surface area contributed by atoms with E-state index in [1.807, 2.05) is 20.8 Å². The normalized spacial score (nSPS) is 32.2. The molecule has 0 bridgehead atoms. The molecule has 98 valence electrons. The molecule has 2 aliphatic rings. The largest absolute Gasteiger partial charge is 0.395 e. The SMILES string of the molecule is CCOP(=O)(OCC)[C@@H]1C[C@@H]2CON=C2C1C. The molecule has 1 fully saturated rings. The summed E-state index contributed by atoms with van der Waals surface area (Å²) in [5.74, 6) is 0.413. The molecule has 0 N–H and O–H groups in total. The highest BCUT2D eigenvalue weighted by atomic mass is 31.2. The minimum atomic E-state index is -3.01. The maximum absolute atomic E-state index is 12.7. The number of hydrogen-bond acceptors (Lipinski definition) is 5. The van der Waals surface area contributed by atoms with Crippen LogP contribution in [0.2, 0.25) is 0 Å². The standard InChI is InChI=1S/C11H20NO4P/c1-4-15-17(13,16-5-2)10-6-9-7-14-12-11(9)8(10)3/h8-10H,4-7H2,1-3H3/t8?,9-,10-/m1/s1. The van der Waals surface area contributed by atoms with Crippen LogP contribution in [0.15, 0.2) is 5.16 Å². The zero-order valence-corrected chi connectivity index (χ0v) is 11.5. The third-order valence-corrected chi connectivity index (χ3v) is 6.16. The molecule has 2 rings (SSSR count). The average Bonchev–Trinajstić information content (AvgIpc) is 2.83. The van der Waals surface area contributed by atoms with E-state index in [1.54, 1.807) is 0 Å². The van der Waals surface area contributed by atoms with Crippen molar-refractivity contribution in [3.63, 3.8) is 0 Å². The third-order valence-electron chi connectivity index (χ3n) is 3.46. The Labute approximate surface area is 102 Å².